The van der Waals surface area contributed by atoms with Gasteiger partial charge in [-0.1, -0.05) is 42.5 Å². The van der Waals surface area contributed by atoms with Crippen molar-refractivity contribution in [1.29, 1.82) is 0 Å². The molecular formula is C27H25N3O. The van der Waals surface area contributed by atoms with Crippen molar-refractivity contribution in [2.24, 2.45) is 4.99 Å². The Bertz CT molecular complexity index is 1270. The summed E-state index contributed by atoms with van der Waals surface area (Å²) in [6.07, 6.45) is 2.43. The number of carbonyl (C=O) groups is 1. The van der Waals surface area contributed by atoms with Crippen LogP contribution in [0.5, 0.6) is 0 Å². The fraction of sp³-hybridized carbons (Fsp3) is 0.185. The van der Waals surface area contributed by atoms with E-state index in [-0.39, 0.29) is 5.91 Å². The summed E-state index contributed by atoms with van der Waals surface area (Å²) in [5, 5.41) is 4.24. The molecule has 0 bridgehead atoms. The topological polar surface area (TPSA) is 57.2 Å². The highest BCUT2D eigenvalue weighted by atomic mass is 16.1. The first kappa shape index (κ1) is 19.3. The van der Waals surface area contributed by atoms with Gasteiger partial charge in [0.15, 0.2) is 0 Å². The van der Waals surface area contributed by atoms with Gasteiger partial charge in [-0.2, -0.15) is 0 Å². The zero-order valence-electron chi connectivity index (χ0n) is 17.6. The van der Waals surface area contributed by atoms with Gasteiger partial charge in [0, 0.05) is 48.3 Å². The lowest BCUT2D eigenvalue weighted by atomic mass is 9.99. The fourth-order valence-corrected chi connectivity index (χ4v) is 4.22. The molecule has 3 aromatic carbocycles. The molecule has 1 aliphatic rings. The molecule has 2 N–H and O–H groups in total. The Kier molecular flexibility index (Phi) is 5.13. The molecule has 1 aromatic heterocycles. The quantitative estimate of drug-likeness (QED) is 0.446. The maximum Gasteiger partial charge on any atom is 0.251 e. The Morgan fingerprint density at radius 3 is 2.74 bits per heavy atom. The number of amides is 1. The van der Waals surface area contributed by atoms with Crippen molar-refractivity contribution < 1.29 is 4.79 Å². The Morgan fingerprint density at radius 1 is 1.03 bits per heavy atom. The van der Waals surface area contributed by atoms with E-state index in [4.69, 9.17) is 4.99 Å². The number of aryl methyl sites for hydroxylation is 1. The van der Waals surface area contributed by atoms with Gasteiger partial charge in [0.1, 0.15) is 0 Å². The molecule has 0 spiro atoms. The first-order valence-electron chi connectivity index (χ1n) is 10.7. The lowest BCUT2D eigenvalue weighted by Gasteiger charge is -2.06. The molecule has 4 heteroatoms. The largest absolute Gasteiger partial charge is 0.358 e. The van der Waals surface area contributed by atoms with Crippen LogP contribution in [0.4, 0.5) is 5.69 Å². The molecule has 2 heterocycles. The normalized spacial score (nSPS) is 12.6. The summed E-state index contributed by atoms with van der Waals surface area (Å²) in [6, 6.07) is 24.6. The fourth-order valence-electron chi connectivity index (χ4n) is 4.22. The molecule has 0 saturated carbocycles. The average Bonchev–Trinajstić information content (AvgIpc) is 3.37. The highest BCUT2D eigenvalue weighted by molar-refractivity contribution is 5.99. The minimum absolute atomic E-state index is 0.0359. The van der Waals surface area contributed by atoms with Crippen LogP contribution in [0.1, 0.15) is 32.7 Å². The summed E-state index contributed by atoms with van der Waals surface area (Å²) in [6.45, 7) is 2.73. The molecule has 4 aromatic rings. The van der Waals surface area contributed by atoms with E-state index in [2.05, 4.69) is 59.7 Å². The van der Waals surface area contributed by atoms with Gasteiger partial charge in [-0.25, -0.2) is 0 Å². The zero-order chi connectivity index (χ0) is 21.2. The summed E-state index contributed by atoms with van der Waals surface area (Å²) < 4.78 is 0. The van der Waals surface area contributed by atoms with Crippen LogP contribution in [0.25, 0.3) is 10.9 Å². The van der Waals surface area contributed by atoms with Gasteiger partial charge in [0.05, 0.1) is 5.69 Å². The van der Waals surface area contributed by atoms with Crippen LogP contribution in [0.15, 0.2) is 77.8 Å². The second kappa shape index (κ2) is 8.23. The average molecular weight is 408 g/mol. The predicted octanol–water partition coefficient (Wildman–Crippen LogP) is 5.32. The lowest BCUT2D eigenvalue weighted by molar-refractivity contribution is 0.0954. The Labute approximate surface area is 182 Å². The predicted molar refractivity (Wildman–Crippen MR) is 126 cm³/mol. The van der Waals surface area contributed by atoms with E-state index in [1.807, 2.05) is 30.3 Å². The van der Waals surface area contributed by atoms with Gasteiger partial charge in [-0.3, -0.25) is 9.79 Å². The summed E-state index contributed by atoms with van der Waals surface area (Å²) in [5.41, 5.74) is 8.82. The number of nitrogens with zero attached hydrogens (tertiary/aromatic N) is 1. The number of carbonyl (C=O) groups excluding carboxylic acids is 1. The van der Waals surface area contributed by atoms with Crippen molar-refractivity contribution in [1.82, 2.24) is 10.3 Å². The first-order valence-corrected chi connectivity index (χ1v) is 10.7. The minimum Gasteiger partial charge on any atom is -0.358 e. The third-order valence-corrected chi connectivity index (χ3v) is 5.94. The van der Waals surface area contributed by atoms with E-state index in [1.165, 1.54) is 16.5 Å². The number of H-pyrrole nitrogens is 1. The van der Waals surface area contributed by atoms with E-state index in [9.17, 15) is 4.79 Å². The maximum atomic E-state index is 12.7. The molecule has 0 atom stereocenters. The number of aromatic amines is 1. The summed E-state index contributed by atoms with van der Waals surface area (Å²) in [5.74, 6) is -0.0359. The molecule has 154 valence electrons. The third kappa shape index (κ3) is 4.15. The van der Waals surface area contributed by atoms with Crippen LogP contribution in [0, 0.1) is 6.92 Å². The van der Waals surface area contributed by atoms with Crippen LogP contribution in [0.2, 0.25) is 0 Å². The summed E-state index contributed by atoms with van der Waals surface area (Å²) in [4.78, 5) is 20.9. The van der Waals surface area contributed by atoms with Crippen molar-refractivity contribution >= 4 is 28.2 Å². The number of aromatic nitrogens is 1. The van der Waals surface area contributed by atoms with Crippen LogP contribution < -0.4 is 5.32 Å². The molecule has 5 rings (SSSR count). The summed E-state index contributed by atoms with van der Waals surface area (Å²) >= 11 is 0. The standard InChI is InChI=1S/C27H25N3O/c1-18-6-2-3-7-19(18)15-24-17-22-14-21(10-11-26(22)30-24)27(31)28-13-12-23-16-20-8-4-5-9-25(20)29-23/h2-11,14,16,29H,12-13,15,17H2,1H3,(H,28,31). The molecular weight excluding hydrogens is 382 g/mol. The number of fused-ring (bicyclic) bond motifs is 2. The van der Waals surface area contributed by atoms with Crippen LogP contribution in [-0.4, -0.2) is 23.1 Å². The van der Waals surface area contributed by atoms with Crippen molar-refractivity contribution in [3.05, 3.63) is 101 Å². The zero-order valence-corrected chi connectivity index (χ0v) is 17.6. The number of aliphatic imine (C=N–C) groups is 1. The highest BCUT2D eigenvalue weighted by Crippen LogP contribution is 2.29. The highest BCUT2D eigenvalue weighted by Gasteiger charge is 2.17. The first-order chi connectivity index (χ1) is 15.2. The lowest BCUT2D eigenvalue weighted by Crippen LogP contribution is -2.25. The Hall–Kier alpha value is -3.66. The second-order valence-electron chi connectivity index (χ2n) is 8.19. The van der Waals surface area contributed by atoms with Gasteiger partial charge < -0.3 is 10.3 Å². The van der Waals surface area contributed by atoms with E-state index in [0.29, 0.717) is 12.1 Å². The van der Waals surface area contributed by atoms with Crippen molar-refractivity contribution in [2.75, 3.05) is 6.54 Å². The second-order valence-corrected chi connectivity index (χ2v) is 8.19. The number of hydrogen-bond donors (Lipinski definition) is 2. The van der Waals surface area contributed by atoms with Crippen molar-refractivity contribution in [3.63, 3.8) is 0 Å². The van der Waals surface area contributed by atoms with Gasteiger partial charge in [0.25, 0.3) is 5.91 Å². The van der Waals surface area contributed by atoms with E-state index < -0.39 is 0 Å². The van der Waals surface area contributed by atoms with E-state index in [1.54, 1.807) is 0 Å². The number of nitrogens with one attached hydrogen (secondary N) is 2. The smallest absolute Gasteiger partial charge is 0.251 e. The molecule has 0 fully saturated rings. The molecule has 31 heavy (non-hydrogen) atoms. The van der Waals surface area contributed by atoms with Crippen LogP contribution >= 0.6 is 0 Å². The number of para-hydroxylation sites is 1. The monoisotopic (exact) mass is 407 g/mol. The number of benzene rings is 3. The molecule has 0 unspecified atom stereocenters. The van der Waals surface area contributed by atoms with Crippen LogP contribution in [0.3, 0.4) is 0 Å². The molecule has 4 nitrogen and oxygen atoms in total. The molecule has 1 amide bonds. The Morgan fingerprint density at radius 2 is 1.87 bits per heavy atom. The van der Waals surface area contributed by atoms with Gasteiger partial charge in [-0.05, 0) is 59.3 Å². The van der Waals surface area contributed by atoms with Gasteiger partial charge in [-0.15, -0.1) is 0 Å². The number of hydrogen-bond acceptors (Lipinski definition) is 2. The molecule has 0 aliphatic carbocycles. The Balaban J connectivity index is 1.19. The number of rotatable bonds is 6. The SMILES string of the molecule is Cc1ccccc1CC1=Nc2ccc(C(=O)NCCc3cc4ccccc4[nH]3)cc2C1. The maximum absolute atomic E-state index is 12.7. The summed E-state index contributed by atoms with van der Waals surface area (Å²) in [7, 11) is 0. The minimum atomic E-state index is -0.0359. The van der Waals surface area contributed by atoms with Gasteiger partial charge >= 0.3 is 0 Å². The van der Waals surface area contributed by atoms with E-state index in [0.717, 1.165) is 47.4 Å². The molecule has 0 radical (unpaired) electrons. The van der Waals surface area contributed by atoms with Gasteiger partial charge in [0.2, 0.25) is 0 Å². The molecule has 1 aliphatic heterocycles. The molecule has 0 saturated heterocycles. The third-order valence-electron chi connectivity index (χ3n) is 5.94. The van der Waals surface area contributed by atoms with Crippen molar-refractivity contribution in [3.8, 4) is 0 Å². The van der Waals surface area contributed by atoms with Crippen molar-refractivity contribution in [2.45, 2.75) is 26.2 Å². The van der Waals surface area contributed by atoms with Crippen LogP contribution in [-0.2, 0) is 19.3 Å². The van der Waals surface area contributed by atoms with E-state index >= 15 is 0 Å².